The van der Waals surface area contributed by atoms with Crippen molar-refractivity contribution < 1.29 is 4.42 Å². The molecule has 3 heterocycles. The van der Waals surface area contributed by atoms with Crippen LogP contribution in [0.15, 0.2) is 63.1 Å². The summed E-state index contributed by atoms with van der Waals surface area (Å²) < 4.78 is 5.52. The molecule has 1 aromatic heterocycles. The number of hydrogen-bond acceptors (Lipinski definition) is 6. The highest BCUT2D eigenvalue weighted by Gasteiger charge is 2.60. The Morgan fingerprint density at radius 2 is 2.17 bits per heavy atom. The minimum atomic E-state index is 0.448. The largest absolute Gasteiger partial charge is 0.440 e. The molecule has 1 aliphatic carbocycles. The van der Waals surface area contributed by atoms with Crippen LogP contribution in [0.5, 0.6) is 0 Å². The maximum absolute atomic E-state index is 5.52. The SMILES string of the molecule is Cc1ncoc1C1=NC=C=C(SCCCN2C[C@H]3C[C@@]3(c3ccccc3)C2)N1C. The number of thioether (sulfide) groups is 1. The van der Waals surface area contributed by atoms with Crippen LogP contribution in [0.1, 0.15) is 29.9 Å². The van der Waals surface area contributed by atoms with Gasteiger partial charge in [0.2, 0.25) is 0 Å². The topological polar surface area (TPSA) is 44.9 Å². The first kappa shape index (κ1) is 18.7. The van der Waals surface area contributed by atoms with Crippen molar-refractivity contribution >= 4 is 17.6 Å². The van der Waals surface area contributed by atoms with Gasteiger partial charge in [-0.15, -0.1) is 0 Å². The fraction of sp³-hybridized carbons (Fsp3) is 0.435. The summed E-state index contributed by atoms with van der Waals surface area (Å²) in [5.41, 5.74) is 6.11. The van der Waals surface area contributed by atoms with Gasteiger partial charge < -0.3 is 14.2 Å². The summed E-state index contributed by atoms with van der Waals surface area (Å²) in [5, 5.41) is 1.08. The van der Waals surface area contributed by atoms with Gasteiger partial charge in [-0.05, 0) is 37.8 Å². The number of rotatable bonds is 7. The Kier molecular flexibility index (Phi) is 4.86. The first-order valence-electron chi connectivity index (χ1n) is 10.3. The van der Waals surface area contributed by atoms with E-state index in [1.165, 1.54) is 44.4 Å². The molecule has 0 radical (unpaired) electrons. The predicted octanol–water partition coefficient (Wildman–Crippen LogP) is 4.03. The second kappa shape index (κ2) is 7.52. The highest BCUT2D eigenvalue weighted by atomic mass is 32.2. The number of hydrogen-bond donors (Lipinski definition) is 0. The van der Waals surface area contributed by atoms with E-state index in [2.05, 4.69) is 50.9 Å². The molecule has 2 aromatic rings. The highest BCUT2D eigenvalue weighted by molar-refractivity contribution is 8.03. The van der Waals surface area contributed by atoms with E-state index in [4.69, 9.17) is 4.42 Å². The number of likely N-dealkylation sites (tertiary alicyclic amines) is 1. The van der Waals surface area contributed by atoms with Crippen LogP contribution in [0.3, 0.4) is 0 Å². The molecule has 5 rings (SSSR count). The van der Waals surface area contributed by atoms with Crippen molar-refractivity contribution in [2.24, 2.45) is 10.9 Å². The molecule has 0 bridgehead atoms. The van der Waals surface area contributed by atoms with E-state index in [-0.39, 0.29) is 0 Å². The molecule has 5 nitrogen and oxygen atoms in total. The first-order chi connectivity index (χ1) is 14.2. The monoisotopic (exact) mass is 406 g/mol. The fourth-order valence-corrected chi connectivity index (χ4v) is 5.61. The summed E-state index contributed by atoms with van der Waals surface area (Å²) in [5.74, 6) is 3.45. The second-order valence-corrected chi connectivity index (χ2v) is 9.30. The average Bonchev–Trinajstić information content (AvgIpc) is 3.06. The van der Waals surface area contributed by atoms with Crippen molar-refractivity contribution in [3.05, 3.63) is 70.7 Å². The summed E-state index contributed by atoms with van der Waals surface area (Å²) >= 11 is 1.83. The average molecular weight is 407 g/mol. The molecular weight excluding hydrogens is 380 g/mol. The molecule has 1 aromatic carbocycles. The van der Waals surface area contributed by atoms with E-state index in [1.54, 1.807) is 6.20 Å². The summed E-state index contributed by atoms with van der Waals surface area (Å²) in [4.78, 5) is 13.3. The Labute approximate surface area is 176 Å². The van der Waals surface area contributed by atoms with Gasteiger partial charge in [-0.25, -0.2) is 9.98 Å². The molecule has 0 spiro atoms. The van der Waals surface area contributed by atoms with Crippen LogP contribution in [0.25, 0.3) is 0 Å². The van der Waals surface area contributed by atoms with E-state index in [0.29, 0.717) is 5.41 Å². The Hall–Kier alpha value is -2.27. The zero-order chi connectivity index (χ0) is 19.8. The molecule has 1 saturated carbocycles. The van der Waals surface area contributed by atoms with Crippen LogP contribution in [0.4, 0.5) is 0 Å². The molecule has 1 saturated heterocycles. The fourth-order valence-electron chi connectivity index (χ4n) is 4.73. The zero-order valence-corrected chi connectivity index (χ0v) is 17.8. The predicted molar refractivity (Wildman–Crippen MR) is 117 cm³/mol. The number of fused-ring (bicyclic) bond motifs is 1. The normalized spacial score (nSPS) is 25.7. The van der Waals surface area contributed by atoms with Crippen molar-refractivity contribution in [1.29, 1.82) is 0 Å². The van der Waals surface area contributed by atoms with E-state index in [0.717, 1.165) is 34.0 Å². The Morgan fingerprint density at radius 3 is 2.97 bits per heavy atom. The molecule has 150 valence electrons. The molecule has 2 atom stereocenters. The molecule has 0 unspecified atom stereocenters. The minimum Gasteiger partial charge on any atom is -0.440 e. The third kappa shape index (κ3) is 3.46. The number of nitrogens with zero attached hydrogens (tertiary/aromatic N) is 4. The van der Waals surface area contributed by atoms with Gasteiger partial charge >= 0.3 is 0 Å². The maximum atomic E-state index is 5.52. The molecule has 3 aliphatic rings. The Morgan fingerprint density at radius 1 is 1.31 bits per heavy atom. The number of aliphatic imine (C=N–C) groups is 1. The quantitative estimate of drug-likeness (QED) is 0.513. The summed E-state index contributed by atoms with van der Waals surface area (Å²) in [6, 6.07) is 11.1. The van der Waals surface area contributed by atoms with Gasteiger partial charge in [0.05, 0.1) is 11.9 Å². The summed E-state index contributed by atoms with van der Waals surface area (Å²) in [7, 11) is 2.01. The van der Waals surface area contributed by atoms with Gasteiger partial charge in [0.1, 0.15) is 5.03 Å². The van der Waals surface area contributed by atoms with Gasteiger partial charge in [0.15, 0.2) is 18.0 Å². The van der Waals surface area contributed by atoms with Gasteiger partial charge in [0.25, 0.3) is 0 Å². The van der Waals surface area contributed by atoms with E-state index in [1.807, 2.05) is 30.6 Å². The number of piperidine rings is 1. The van der Waals surface area contributed by atoms with E-state index < -0.39 is 0 Å². The summed E-state index contributed by atoms with van der Waals surface area (Å²) in [6.45, 7) is 5.58. The zero-order valence-electron chi connectivity index (χ0n) is 17.0. The van der Waals surface area contributed by atoms with Gasteiger partial charge in [0, 0.05) is 31.3 Å². The van der Waals surface area contributed by atoms with Crippen molar-refractivity contribution in [3.8, 4) is 0 Å². The Balaban J connectivity index is 1.11. The number of aryl methyl sites for hydroxylation is 1. The summed E-state index contributed by atoms with van der Waals surface area (Å²) in [6.07, 6.45) is 5.75. The lowest BCUT2D eigenvalue weighted by molar-refractivity contribution is 0.299. The number of amidine groups is 1. The van der Waals surface area contributed by atoms with Crippen LogP contribution in [0.2, 0.25) is 0 Å². The van der Waals surface area contributed by atoms with Gasteiger partial charge in [-0.3, -0.25) is 0 Å². The lowest BCUT2D eigenvalue weighted by Gasteiger charge is -2.23. The van der Waals surface area contributed by atoms with Crippen LogP contribution in [-0.4, -0.2) is 53.1 Å². The molecule has 0 N–H and O–H groups in total. The van der Waals surface area contributed by atoms with Gasteiger partial charge in [-0.1, -0.05) is 47.8 Å². The lowest BCUT2D eigenvalue weighted by Crippen LogP contribution is -2.28. The molecule has 2 fully saturated rings. The van der Waals surface area contributed by atoms with Crippen molar-refractivity contribution in [2.45, 2.75) is 25.2 Å². The molecule has 0 amide bonds. The third-order valence-electron chi connectivity index (χ3n) is 6.37. The molecule has 29 heavy (non-hydrogen) atoms. The highest BCUT2D eigenvalue weighted by Crippen LogP contribution is 2.58. The number of aromatic nitrogens is 1. The first-order valence-corrected chi connectivity index (χ1v) is 11.2. The van der Waals surface area contributed by atoms with Crippen LogP contribution < -0.4 is 0 Å². The number of benzene rings is 1. The van der Waals surface area contributed by atoms with Crippen LogP contribution in [-0.2, 0) is 5.41 Å². The smallest absolute Gasteiger partial charge is 0.192 e. The third-order valence-corrected chi connectivity index (χ3v) is 7.53. The standard InChI is InChI=1S/C23H26N4OS/c1-17-21(28-16-25-17)22-24-10-9-20(26(22)2)29-12-6-11-27-14-19-13-23(19,15-27)18-7-4-3-5-8-18/h3-5,7-8,10,16,19H,6,11-15H2,1-2H3/t19-,23+/m1/s1. The van der Waals surface area contributed by atoms with Crippen LogP contribution >= 0.6 is 11.8 Å². The van der Waals surface area contributed by atoms with Gasteiger partial charge in [-0.2, -0.15) is 0 Å². The number of oxazole rings is 1. The molecule has 6 heteroatoms. The molecule has 2 aliphatic heterocycles. The van der Waals surface area contributed by atoms with Crippen LogP contribution in [0, 0.1) is 12.8 Å². The molecular formula is C23H26N4OS. The minimum absolute atomic E-state index is 0.448. The van der Waals surface area contributed by atoms with Crippen molar-refractivity contribution in [3.63, 3.8) is 0 Å². The maximum Gasteiger partial charge on any atom is 0.192 e. The Bertz CT molecular complexity index is 991. The second-order valence-electron chi connectivity index (χ2n) is 8.22. The van der Waals surface area contributed by atoms with Crippen molar-refractivity contribution in [1.82, 2.24) is 14.8 Å². The lowest BCUT2D eigenvalue weighted by atomic mass is 9.95. The van der Waals surface area contributed by atoms with E-state index >= 15 is 0 Å². The van der Waals surface area contributed by atoms with Crippen molar-refractivity contribution in [2.75, 3.05) is 32.4 Å². The van der Waals surface area contributed by atoms with E-state index in [9.17, 15) is 0 Å².